The molecular weight excluding hydrogens is 876 g/mol. The summed E-state index contributed by atoms with van der Waals surface area (Å²) < 4.78 is 23.4. The molecule has 404 valence electrons. The summed E-state index contributed by atoms with van der Waals surface area (Å²) in [6, 6.07) is -0.805. The lowest BCUT2D eigenvalue weighted by Gasteiger charge is -2.30. The highest BCUT2D eigenvalue weighted by atomic mass is 31.2. The molecule has 9 heteroatoms. The van der Waals surface area contributed by atoms with Gasteiger partial charge in [-0.2, -0.15) is 0 Å². The summed E-state index contributed by atoms with van der Waals surface area (Å²) in [5.74, 6) is -0.167. The van der Waals surface area contributed by atoms with E-state index in [9.17, 15) is 19.4 Å². The fraction of sp³-hybridized carbons (Fsp3) is 0.817. The zero-order valence-electron chi connectivity index (χ0n) is 46.0. The first-order chi connectivity index (χ1) is 33.5. The second-order valence-corrected chi connectivity index (χ2v) is 22.4. The number of carbonyl (C=O) groups excluding carboxylic acids is 1. The molecule has 0 spiro atoms. The number of phosphoric acid groups is 1. The summed E-state index contributed by atoms with van der Waals surface area (Å²) in [7, 11) is 1.30. The van der Waals surface area contributed by atoms with Crippen molar-refractivity contribution in [3.8, 4) is 0 Å². The Hall–Kier alpha value is -1.80. The van der Waals surface area contributed by atoms with Crippen molar-refractivity contribution in [2.75, 3.05) is 40.9 Å². The number of carbonyl (C=O) groups is 1. The highest BCUT2D eigenvalue weighted by Gasteiger charge is 2.24. The Balaban J connectivity index is 4.17. The monoisotopic (exact) mass is 989 g/mol. The summed E-state index contributed by atoms with van der Waals surface area (Å²) >= 11 is 0. The van der Waals surface area contributed by atoms with Crippen LogP contribution in [0.25, 0.3) is 0 Å². The zero-order chi connectivity index (χ0) is 50.6. The molecule has 69 heavy (non-hydrogen) atoms. The van der Waals surface area contributed by atoms with Gasteiger partial charge >= 0.3 is 0 Å². The molecule has 0 aliphatic carbocycles. The molecule has 0 rings (SSSR count). The van der Waals surface area contributed by atoms with Gasteiger partial charge in [0.25, 0.3) is 7.82 Å². The number of hydrogen-bond donors (Lipinski definition) is 2. The van der Waals surface area contributed by atoms with Gasteiger partial charge in [-0.25, -0.2) is 0 Å². The third kappa shape index (κ3) is 53.8. The fourth-order valence-electron chi connectivity index (χ4n) is 8.48. The lowest BCUT2D eigenvalue weighted by Crippen LogP contribution is -2.46. The van der Waals surface area contributed by atoms with Gasteiger partial charge in [0.2, 0.25) is 5.91 Å². The number of quaternary nitrogens is 1. The minimum Gasteiger partial charge on any atom is -0.756 e. The van der Waals surface area contributed by atoms with E-state index in [0.717, 1.165) is 70.6 Å². The van der Waals surface area contributed by atoms with Crippen molar-refractivity contribution >= 4 is 13.7 Å². The zero-order valence-corrected chi connectivity index (χ0v) is 46.9. The minimum absolute atomic E-state index is 0.0102. The Bertz CT molecular complexity index is 1310. The van der Waals surface area contributed by atoms with Gasteiger partial charge in [-0.15, -0.1) is 0 Å². The molecule has 0 aromatic carbocycles. The number of amides is 1. The normalized spacial score (nSPS) is 14.4. The molecule has 3 atom stereocenters. The number of rotatable bonds is 53. The van der Waals surface area contributed by atoms with Gasteiger partial charge in [-0.3, -0.25) is 9.36 Å². The lowest BCUT2D eigenvalue weighted by atomic mass is 10.0. The summed E-state index contributed by atoms with van der Waals surface area (Å²) in [5.41, 5.74) is 0. The van der Waals surface area contributed by atoms with Gasteiger partial charge in [-0.05, 0) is 57.8 Å². The molecule has 0 saturated carbocycles. The molecule has 0 aromatic rings. The standard InChI is InChI=1S/C60H113N2O6P/c1-6-8-10-12-14-16-18-20-22-24-26-28-29-30-31-32-33-34-36-38-40-42-44-46-48-50-52-54-60(64)61-58(57-68-69(65,66)67-56-55-62(3,4)5)59(63)53-51-49-47-45-43-41-39-37-35-27-25-23-21-19-17-15-13-11-9-7-2/h8,10,14,16,20,22,26,28,30-31,58-59,63H,6-7,9,11-13,15,17-19,21,23-25,27,29,32-57H2,1-5H3,(H-,61,64,65,66)/b10-8-,16-14-,22-20-,28-26-,31-30-. The average Bonchev–Trinajstić information content (AvgIpc) is 3.31. The molecular formula is C60H113N2O6P. The van der Waals surface area contributed by atoms with E-state index in [1.807, 2.05) is 21.1 Å². The van der Waals surface area contributed by atoms with Gasteiger partial charge in [0.05, 0.1) is 39.9 Å². The van der Waals surface area contributed by atoms with E-state index in [0.29, 0.717) is 23.9 Å². The predicted molar refractivity (Wildman–Crippen MR) is 297 cm³/mol. The lowest BCUT2D eigenvalue weighted by molar-refractivity contribution is -0.870. The molecule has 0 fully saturated rings. The quantitative estimate of drug-likeness (QED) is 0.0272. The number of nitrogens with zero attached hydrogens (tertiary/aromatic N) is 1. The van der Waals surface area contributed by atoms with Crippen molar-refractivity contribution in [3.63, 3.8) is 0 Å². The smallest absolute Gasteiger partial charge is 0.268 e. The van der Waals surface area contributed by atoms with E-state index < -0.39 is 20.0 Å². The summed E-state index contributed by atoms with van der Waals surface area (Å²) in [6.45, 7) is 4.63. The van der Waals surface area contributed by atoms with Crippen molar-refractivity contribution in [3.05, 3.63) is 60.8 Å². The van der Waals surface area contributed by atoms with Gasteiger partial charge in [0.1, 0.15) is 13.2 Å². The second-order valence-electron chi connectivity index (χ2n) is 21.0. The molecule has 8 nitrogen and oxygen atoms in total. The topological polar surface area (TPSA) is 108 Å². The Morgan fingerprint density at radius 2 is 0.884 bits per heavy atom. The van der Waals surface area contributed by atoms with Crippen LogP contribution in [-0.4, -0.2) is 68.5 Å². The molecule has 0 saturated heterocycles. The van der Waals surface area contributed by atoms with Crippen LogP contribution in [-0.2, 0) is 18.4 Å². The molecule has 0 aliphatic heterocycles. The molecule has 0 aliphatic rings. The van der Waals surface area contributed by atoms with Gasteiger partial charge in [0, 0.05) is 6.42 Å². The van der Waals surface area contributed by atoms with Crippen LogP contribution in [0, 0.1) is 0 Å². The summed E-state index contributed by atoms with van der Waals surface area (Å²) in [6.07, 6.45) is 68.2. The van der Waals surface area contributed by atoms with Crippen molar-refractivity contribution in [1.82, 2.24) is 5.32 Å². The Kier molecular flexibility index (Phi) is 49.8. The van der Waals surface area contributed by atoms with Crippen LogP contribution in [0.15, 0.2) is 60.8 Å². The highest BCUT2D eigenvalue weighted by molar-refractivity contribution is 7.45. The van der Waals surface area contributed by atoms with Crippen LogP contribution in [0.5, 0.6) is 0 Å². The molecule has 0 radical (unpaired) electrons. The number of aliphatic hydroxyl groups excluding tert-OH is 1. The first kappa shape index (κ1) is 67.2. The maximum atomic E-state index is 13.0. The van der Waals surface area contributed by atoms with Crippen molar-refractivity contribution in [2.24, 2.45) is 0 Å². The number of nitrogens with one attached hydrogen (secondary N) is 1. The van der Waals surface area contributed by atoms with E-state index in [2.05, 4.69) is 79.9 Å². The minimum atomic E-state index is -4.58. The first-order valence-corrected chi connectivity index (χ1v) is 30.6. The van der Waals surface area contributed by atoms with Crippen molar-refractivity contribution in [2.45, 2.75) is 276 Å². The van der Waals surface area contributed by atoms with E-state index in [-0.39, 0.29) is 19.1 Å². The maximum Gasteiger partial charge on any atom is 0.268 e. The van der Waals surface area contributed by atoms with Gasteiger partial charge in [-0.1, -0.05) is 261 Å². The average molecular weight is 990 g/mol. The van der Waals surface area contributed by atoms with Crippen molar-refractivity contribution in [1.29, 1.82) is 0 Å². The highest BCUT2D eigenvalue weighted by Crippen LogP contribution is 2.38. The van der Waals surface area contributed by atoms with Crippen molar-refractivity contribution < 1.29 is 32.9 Å². The Labute approximate surface area is 428 Å². The van der Waals surface area contributed by atoms with Crippen LogP contribution in [0.3, 0.4) is 0 Å². The number of aliphatic hydroxyl groups is 1. The number of unbranched alkanes of at least 4 members (excludes halogenated alkanes) is 30. The predicted octanol–water partition coefficient (Wildman–Crippen LogP) is 17.1. The fourth-order valence-corrected chi connectivity index (χ4v) is 9.20. The van der Waals surface area contributed by atoms with Crippen LogP contribution in [0.1, 0.15) is 264 Å². The molecule has 2 N–H and O–H groups in total. The van der Waals surface area contributed by atoms with E-state index >= 15 is 0 Å². The largest absolute Gasteiger partial charge is 0.756 e. The Morgan fingerprint density at radius 1 is 0.522 bits per heavy atom. The molecule has 0 heterocycles. The number of likely N-dealkylation sites (N-methyl/N-ethyl adjacent to an activating group) is 1. The van der Waals surface area contributed by atoms with Crippen LogP contribution in [0.2, 0.25) is 0 Å². The van der Waals surface area contributed by atoms with Gasteiger partial charge in [0.15, 0.2) is 0 Å². The number of hydrogen-bond acceptors (Lipinski definition) is 6. The third-order valence-electron chi connectivity index (χ3n) is 13.0. The molecule has 0 aromatic heterocycles. The summed E-state index contributed by atoms with van der Waals surface area (Å²) in [5, 5.41) is 14.0. The summed E-state index contributed by atoms with van der Waals surface area (Å²) in [4.78, 5) is 25.6. The SMILES string of the molecule is CC/C=C\C/C=C\C/C=C\C/C=C\C/C=C\CCCCCCCCCCCCCC(=O)NC(COP(=O)([O-])OCC[N+](C)(C)C)C(O)CCCCCCCCCCCCCCCCCCCCCC. The number of phosphoric ester groups is 1. The van der Waals surface area contributed by atoms with Gasteiger partial charge < -0.3 is 28.8 Å². The molecule has 0 bridgehead atoms. The number of allylic oxidation sites excluding steroid dienone is 10. The van der Waals surface area contributed by atoms with Crippen LogP contribution >= 0.6 is 7.82 Å². The molecule has 1 amide bonds. The van der Waals surface area contributed by atoms with E-state index in [1.54, 1.807) is 0 Å². The van der Waals surface area contributed by atoms with E-state index in [1.165, 1.54) is 167 Å². The van der Waals surface area contributed by atoms with Crippen LogP contribution < -0.4 is 10.2 Å². The Morgan fingerprint density at radius 3 is 1.29 bits per heavy atom. The van der Waals surface area contributed by atoms with E-state index in [4.69, 9.17) is 9.05 Å². The van der Waals surface area contributed by atoms with Crippen LogP contribution in [0.4, 0.5) is 0 Å². The maximum absolute atomic E-state index is 13.0. The second kappa shape index (κ2) is 51.1. The first-order valence-electron chi connectivity index (χ1n) is 29.1. The third-order valence-corrected chi connectivity index (χ3v) is 14.0. The molecule has 3 unspecified atom stereocenters.